The number of aromatic hydroxyl groups is 1. The van der Waals surface area contributed by atoms with Crippen LogP contribution in [0.4, 0.5) is 0 Å². The maximum Gasteiger partial charge on any atom is 0.255 e. The van der Waals surface area contributed by atoms with Gasteiger partial charge in [-0.15, -0.1) is 0 Å². The SMILES string of the molecule is CCOc1cc(/C=N/NC(=O)CN(Cc2ccc(C)cc2)S(=O)(=O)c2c(C)cc(C)cc2C)ccc1O. The fourth-order valence-electron chi connectivity index (χ4n) is 4.08. The predicted molar refractivity (Wildman–Crippen MR) is 144 cm³/mol. The lowest BCUT2D eigenvalue weighted by molar-refractivity contribution is -0.121. The third-order valence-electron chi connectivity index (χ3n) is 5.69. The van der Waals surface area contributed by atoms with Crippen LogP contribution in [0.15, 0.2) is 64.6 Å². The minimum atomic E-state index is -4.00. The molecular formula is C28H33N3O5S. The molecule has 0 saturated heterocycles. The van der Waals surface area contributed by atoms with Crippen LogP contribution in [0.25, 0.3) is 0 Å². The van der Waals surface area contributed by atoms with Gasteiger partial charge in [-0.25, -0.2) is 13.8 Å². The van der Waals surface area contributed by atoms with Crippen molar-refractivity contribution in [2.75, 3.05) is 13.2 Å². The Balaban J connectivity index is 1.84. The Hall–Kier alpha value is -3.69. The third kappa shape index (κ3) is 7.18. The number of nitrogens with zero attached hydrogens (tertiary/aromatic N) is 2. The van der Waals surface area contributed by atoms with Gasteiger partial charge in [-0.05, 0) is 75.1 Å². The summed E-state index contributed by atoms with van der Waals surface area (Å²) < 4.78 is 34.1. The van der Waals surface area contributed by atoms with Gasteiger partial charge >= 0.3 is 0 Å². The van der Waals surface area contributed by atoms with Gasteiger partial charge in [0.05, 0.1) is 24.3 Å². The molecule has 8 nitrogen and oxygen atoms in total. The third-order valence-corrected chi connectivity index (χ3v) is 7.79. The summed E-state index contributed by atoms with van der Waals surface area (Å²) in [6, 6.07) is 15.8. The predicted octanol–water partition coefficient (Wildman–Crippen LogP) is 4.37. The number of amides is 1. The van der Waals surface area contributed by atoms with Crippen molar-refractivity contribution in [1.82, 2.24) is 9.73 Å². The van der Waals surface area contributed by atoms with Crippen molar-refractivity contribution in [3.05, 3.63) is 88.0 Å². The van der Waals surface area contributed by atoms with Gasteiger partial charge in [0, 0.05) is 6.54 Å². The van der Waals surface area contributed by atoms with Crippen molar-refractivity contribution < 1.29 is 23.1 Å². The van der Waals surface area contributed by atoms with Crippen LogP contribution in [-0.4, -0.2) is 43.1 Å². The highest BCUT2D eigenvalue weighted by molar-refractivity contribution is 7.89. The summed E-state index contributed by atoms with van der Waals surface area (Å²) in [5.41, 5.74) is 7.04. The molecule has 0 heterocycles. The van der Waals surface area contributed by atoms with Crippen molar-refractivity contribution in [1.29, 1.82) is 0 Å². The Kier molecular flexibility index (Phi) is 9.07. The fourth-order valence-corrected chi connectivity index (χ4v) is 5.88. The second-order valence-electron chi connectivity index (χ2n) is 8.94. The number of nitrogens with one attached hydrogen (secondary N) is 1. The van der Waals surface area contributed by atoms with Crippen LogP contribution in [0, 0.1) is 27.7 Å². The number of rotatable bonds is 10. The van der Waals surface area contributed by atoms with Gasteiger partial charge in [-0.2, -0.15) is 9.41 Å². The monoisotopic (exact) mass is 523 g/mol. The molecule has 0 aliphatic rings. The molecule has 37 heavy (non-hydrogen) atoms. The molecule has 0 radical (unpaired) electrons. The van der Waals surface area contributed by atoms with Gasteiger partial charge in [0.25, 0.3) is 5.91 Å². The van der Waals surface area contributed by atoms with E-state index in [1.165, 1.54) is 16.6 Å². The standard InChI is InChI=1S/C28H33N3O5S/c1-6-36-26-15-24(11-12-25(26)32)16-29-30-27(33)18-31(17-23-9-7-19(2)8-10-23)37(34,35)28-21(4)13-20(3)14-22(28)5/h7-16,32H,6,17-18H2,1-5H3,(H,30,33)/b29-16+. The number of ether oxygens (including phenoxy) is 1. The smallest absolute Gasteiger partial charge is 0.255 e. The number of hydrogen-bond acceptors (Lipinski definition) is 6. The molecule has 0 saturated carbocycles. The summed E-state index contributed by atoms with van der Waals surface area (Å²) in [5.74, 6) is -0.281. The van der Waals surface area contributed by atoms with Gasteiger partial charge in [-0.1, -0.05) is 47.5 Å². The molecular weight excluding hydrogens is 490 g/mol. The first kappa shape index (κ1) is 27.9. The van der Waals surface area contributed by atoms with E-state index in [0.29, 0.717) is 29.0 Å². The van der Waals surface area contributed by atoms with E-state index in [4.69, 9.17) is 4.74 Å². The first-order chi connectivity index (χ1) is 17.5. The molecule has 2 N–H and O–H groups in total. The molecule has 9 heteroatoms. The molecule has 0 atom stereocenters. The van der Waals surface area contributed by atoms with E-state index in [-0.39, 0.29) is 17.2 Å². The minimum Gasteiger partial charge on any atom is -0.504 e. The number of phenolic OH excluding ortho intramolecular Hbond substituents is 1. The molecule has 3 rings (SSSR count). The maximum atomic E-state index is 13.8. The molecule has 0 unspecified atom stereocenters. The number of carbonyl (C=O) groups is 1. The molecule has 0 spiro atoms. The van der Waals surface area contributed by atoms with Gasteiger partial charge in [-0.3, -0.25) is 4.79 Å². The van der Waals surface area contributed by atoms with Crippen molar-refractivity contribution in [2.45, 2.75) is 46.1 Å². The molecule has 196 valence electrons. The number of benzene rings is 3. The Morgan fingerprint density at radius 1 is 1.00 bits per heavy atom. The van der Waals surface area contributed by atoms with Crippen LogP contribution in [0.2, 0.25) is 0 Å². The van der Waals surface area contributed by atoms with Crippen LogP contribution < -0.4 is 10.2 Å². The molecule has 0 aliphatic heterocycles. The lowest BCUT2D eigenvalue weighted by Crippen LogP contribution is -2.39. The van der Waals surface area contributed by atoms with Crippen molar-refractivity contribution in [2.24, 2.45) is 5.10 Å². The highest BCUT2D eigenvalue weighted by Gasteiger charge is 2.30. The number of carbonyl (C=O) groups excluding carboxylic acids is 1. The molecule has 0 fully saturated rings. The van der Waals surface area contributed by atoms with E-state index in [0.717, 1.165) is 16.7 Å². The quantitative estimate of drug-likeness (QED) is 0.303. The normalized spacial score (nSPS) is 11.7. The molecule has 0 bridgehead atoms. The molecule has 1 amide bonds. The second-order valence-corrected chi connectivity index (χ2v) is 10.8. The number of hydrogen-bond donors (Lipinski definition) is 2. The molecule has 3 aromatic rings. The van der Waals surface area contributed by atoms with E-state index in [1.54, 1.807) is 32.9 Å². The van der Waals surface area contributed by atoms with Gasteiger partial charge in [0.2, 0.25) is 10.0 Å². The Morgan fingerprint density at radius 2 is 1.65 bits per heavy atom. The summed E-state index contributed by atoms with van der Waals surface area (Å²) in [7, 11) is -4.00. The minimum absolute atomic E-state index is 0.00156. The Bertz CT molecular complexity index is 1380. The van der Waals surface area contributed by atoms with Crippen molar-refractivity contribution >= 4 is 22.1 Å². The number of aryl methyl sites for hydroxylation is 4. The van der Waals surface area contributed by atoms with Crippen molar-refractivity contribution in [3.8, 4) is 11.5 Å². The molecule has 3 aromatic carbocycles. The summed E-state index contributed by atoms with van der Waals surface area (Å²) in [6.45, 7) is 9.19. The van der Waals surface area contributed by atoms with Crippen LogP contribution in [0.5, 0.6) is 11.5 Å². The van der Waals surface area contributed by atoms with Crippen molar-refractivity contribution in [3.63, 3.8) is 0 Å². The first-order valence-electron chi connectivity index (χ1n) is 11.9. The zero-order chi connectivity index (χ0) is 27.2. The van der Waals surface area contributed by atoms with Crippen LogP contribution >= 0.6 is 0 Å². The summed E-state index contributed by atoms with van der Waals surface area (Å²) >= 11 is 0. The van der Waals surface area contributed by atoms with Gasteiger partial charge in [0.1, 0.15) is 0 Å². The summed E-state index contributed by atoms with van der Waals surface area (Å²) in [6.07, 6.45) is 1.40. The Labute approximate surface area is 218 Å². The zero-order valence-electron chi connectivity index (χ0n) is 21.8. The van der Waals surface area contributed by atoms with Gasteiger partial charge in [0.15, 0.2) is 11.5 Å². The molecule has 0 aromatic heterocycles. The second kappa shape index (κ2) is 12.0. The zero-order valence-corrected chi connectivity index (χ0v) is 22.6. The van der Waals surface area contributed by atoms with Crippen LogP contribution in [0.1, 0.15) is 40.3 Å². The van der Waals surface area contributed by atoms with Crippen LogP contribution in [-0.2, 0) is 21.4 Å². The highest BCUT2D eigenvalue weighted by Crippen LogP contribution is 2.27. The van der Waals surface area contributed by atoms with E-state index in [2.05, 4.69) is 10.5 Å². The number of phenols is 1. The van der Waals surface area contributed by atoms with Crippen LogP contribution in [0.3, 0.4) is 0 Å². The molecule has 0 aliphatic carbocycles. The summed E-state index contributed by atoms with van der Waals surface area (Å²) in [5, 5.41) is 13.8. The van der Waals surface area contributed by atoms with Gasteiger partial charge < -0.3 is 9.84 Å². The first-order valence-corrected chi connectivity index (χ1v) is 13.4. The lowest BCUT2D eigenvalue weighted by atomic mass is 10.1. The topological polar surface area (TPSA) is 108 Å². The largest absolute Gasteiger partial charge is 0.504 e. The average molecular weight is 524 g/mol. The fraction of sp³-hybridized carbons (Fsp3) is 0.286. The summed E-state index contributed by atoms with van der Waals surface area (Å²) in [4.78, 5) is 13.0. The van der Waals surface area contributed by atoms with E-state index in [9.17, 15) is 18.3 Å². The maximum absolute atomic E-state index is 13.8. The number of hydrazone groups is 1. The lowest BCUT2D eigenvalue weighted by Gasteiger charge is -2.24. The van der Waals surface area contributed by atoms with E-state index < -0.39 is 22.5 Å². The highest BCUT2D eigenvalue weighted by atomic mass is 32.2. The van der Waals surface area contributed by atoms with E-state index in [1.807, 2.05) is 50.2 Å². The average Bonchev–Trinajstić information content (AvgIpc) is 2.81. The van der Waals surface area contributed by atoms with E-state index >= 15 is 0 Å². The Morgan fingerprint density at radius 3 is 2.27 bits per heavy atom. The number of sulfonamides is 1.